The number of guanidine groups is 1. The summed E-state index contributed by atoms with van der Waals surface area (Å²) in [7, 11) is 1.12. The van der Waals surface area contributed by atoms with E-state index in [0.29, 0.717) is 43.1 Å². The van der Waals surface area contributed by atoms with E-state index in [9.17, 15) is 18.0 Å². The van der Waals surface area contributed by atoms with E-state index in [4.69, 9.17) is 4.74 Å². The zero-order valence-corrected chi connectivity index (χ0v) is 19.3. The molecule has 11 heteroatoms. The number of hydrogen-bond donors (Lipinski definition) is 2. The van der Waals surface area contributed by atoms with Crippen molar-refractivity contribution in [1.82, 2.24) is 20.4 Å². The molecule has 1 atom stereocenters. The van der Waals surface area contributed by atoms with E-state index in [2.05, 4.69) is 34.4 Å². The number of rotatable bonds is 8. The van der Waals surface area contributed by atoms with Crippen molar-refractivity contribution in [1.29, 1.82) is 0 Å². The van der Waals surface area contributed by atoms with E-state index >= 15 is 0 Å². The van der Waals surface area contributed by atoms with Gasteiger partial charge in [-0.25, -0.2) is 4.99 Å². The Balaban J connectivity index is 0.00000729. The summed E-state index contributed by atoms with van der Waals surface area (Å²) >= 11 is 0. The lowest BCUT2D eigenvalue weighted by Gasteiger charge is -2.37. The molecule has 1 aliphatic rings. The van der Waals surface area contributed by atoms with Crippen molar-refractivity contribution < 1.29 is 22.7 Å². The van der Waals surface area contributed by atoms with Gasteiger partial charge in [-0.15, -0.1) is 24.0 Å². The van der Waals surface area contributed by atoms with Crippen LogP contribution in [0.1, 0.15) is 20.8 Å². The predicted octanol–water partition coefficient (Wildman–Crippen LogP) is 1.54. The van der Waals surface area contributed by atoms with Crippen molar-refractivity contribution in [3.63, 3.8) is 0 Å². The van der Waals surface area contributed by atoms with Crippen molar-refractivity contribution in [2.75, 3.05) is 59.5 Å². The van der Waals surface area contributed by atoms with Crippen LogP contribution in [0.15, 0.2) is 4.99 Å². The maximum absolute atomic E-state index is 12.4. The molecular weight excluding hydrogens is 490 g/mol. The van der Waals surface area contributed by atoms with Gasteiger partial charge >= 0.3 is 6.18 Å². The highest BCUT2D eigenvalue weighted by Gasteiger charge is 2.31. The molecule has 166 valence electrons. The van der Waals surface area contributed by atoms with Crippen LogP contribution < -0.4 is 10.6 Å². The average molecular weight is 523 g/mol. The summed E-state index contributed by atoms with van der Waals surface area (Å²) in [6.07, 6.45) is -4.42. The smallest absolute Gasteiger partial charge is 0.379 e. The first-order valence-corrected chi connectivity index (χ1v) is 9.28. The second-order valence-electron chi connectivity index (χ2n) is 6.90. The molecular formula is C17H33F3IN5O2. The van der Waals surface area contributed by atoms with Gasteiger partial charge in [0.2, 0.25) is 5.91 Å². The fourth-order valence-corrected chi connectivity index (χ4v) is 2.86. The summed E-state index contributed by atoms with van der Waals surface area (Å²) < 4.78 is 42.5. The highest BCUT2D eigenvalue weighted by molar-refractivity contribution is 14.0. The molecule has 1 heterocycles. The van der Waals surface area contributed by atoms with Crippen molar-refractivity contribution in [2.24, 2.45) is 10.9 Å². The van der Waals surface area contributed by atoms with Crippen LogP contribution in [0, 0.1) is 5.92 Å². The molecule has 0 bridgehead atoms. The number of carbonyl (C=O) groups is 1. The van der Waals surface area contributed by atoms with Gasteiger partial charge in [0.1, 0.15) is 13.1 Å². The molecule has 0 aliphatic carbocycles. The molecule has 1 amide bonds. The lowest BCUT2D eigenvalue weighted by molar-refractivity contribution is -0.157. The quantitative estimate of drug-likeness (QED) is 0.287. The summed E-state index contributed by atoms with van der Waals surface area (Å²) in [5.41, 5.74) is 0. The van der Waals surface area contributed by atoms with Crippen LogP contribution in [0.2, 0.25) is 0 Å². The molecule has 0 saturated carbocycles. The van der Waals surface area contributed by atoms with Crippen molar-refractivity contribution in [3.8, 4) is 0 Å². The Morgan fingerprint density at radius 3 is 2.36 bits per heavy atom. The summed E-state index contributed by atoms with van der Waals surface area (Å²) in [4.78, 5) is 19.0. The number of ether oxygens (including phenoxy) is 1. The summed E-state index contributed by atoms with van der Waals surface area (Å²) in [6, 6.07) is 0.265. The summed E-state index contributed by atoms with van der Waals surface area (Å²) in [5.74, 6) is 0.140. The lowest BCUT2D eigenvalue weighted by atomic mass is 10.0. The Hall–Kier alpha value is -0.820. The first-order valence-electron chi connectivity index (χ1n) is 9.28. The van der Waals surface area contributed by atoms with Crippen LogP contribution in [0.5, 0.6) is 0 Å². The Morgan fingerprint density at radius 1 is 1.25 bits per heavy atom. The van der Waals surface area contributed by atoms with E-state index in [0.717, 1.165) is 20.1 Å². The standard InChI is InChI=1S/C17H32F3N5O2.HI/c1-5-21-16(23-11-15(26)24(4)12-17(18,19)20)22-10-14(13(2)3)25-6-8-27-9-7-25;/h13-14H,5-12H2,1-4H3,(H2,21,22,23);1H. The number of alkyl halides is 3. The Bertz CT molecular complexity index is 486. The Labute approximate surface area is 182 Å². The third-order valence-electron chi connectivity index (χ3n) is 4.32. The third-order valence-corrected chi connectivity index (χ3v) is 4.32. The molecule has 2 N–H and O–H groups in total. The van der Waals surface area contributed by atoms with Crippen molar-refractivity contribution in [2.45, 2.75) is 33.0 Å². The number of morpholine rings is 1. The molecule has 0 spiro atoms. The number of aliphatic imine (C=N–C) groups is 1. The molecule has 28 heavy (non-hydrogen) atoms. The Morgan fingerprint density at radius 2 is 1.86 bits per heavy atom. The number of nitrogens with zero attached hydrogens (tertiary/aromatic N) is 3. The summed E-state index contributed by atoms with van der Waals surface area (Å²) in [6.45, 7) is 8.88. The van der Waals surface area contributed by atoms with Gasteiger partial charge in [-0.3, -0.25) is 9.69 Å². The molecule has 1 fully saturated rings. The van der Waals surface area contributed by atoms with Crippen LogP contribution in [-0.4, -0.2) is 93.4 Å². The van der Waals surface area contributed by atoms with Crippen molar-refractivity contribution in [3.05, 3.63) is 0 Å². The van der Waals surface area contributed by atoms with E-state index in [1.165, 1.54) is 0 Å². The van der Waals surface area contributed by atoms with Gasteiger partial charge in [0.15, 0.2) is 5.96 Å². The molecule has 1 rings (SSSR count). The summed E-state index contributed by atoms with van der Waals surface area (Å²) in [5, 5.41) is 6.23. The van der Waals surface area contributed by atoms with Gasteiger partial charge in [-0.05, 0) is 12.8 Å². The fraction of sp³-hybridized carbons (Fsp3) is 0.882. The number of nitrogens with one attached hydrogen (secondary N) is 2. The molecule has 1 saturated heterocycles. The molecule has 0 radical (unpaired) electrons. The number of carbonyl (C=O) groups excluding carboxylic acids is 1. The second-order valence-corrected chi connectivity index (χ2v) is 6.90. The highest BCUT2D eigenvalue weighted by Crippen LogP contribution is 2.15. The molecule has 0 aromatic carbocycles. The van der Waals surface area contributed by atoms with Gasteiger partial charge in [-0.1, -0.05) is 13.8 Å². The largest absolute Gasteiger partial charge is 0.406 e. The minimum Gasteiger partial charge on any atom is -0.379 e. The maximum atomic E-state index is 12.4. The lowest BCUT2D eigenvalue weighted by Crippen LogP contribution is -2.52. The minimum absolute atomic E-state index is 0. The van der Waals surface area contributed by atoms with Crippen LogP contribution in [0.4, 0.5) is 13.2 Å². The Kier molecular flexibility index (Phi) is 13.0. The van der Waals surface area contributed by atoms with Gasteiger partial charge in [0.05, 0.1) is 13.2 Å². The number of halogens is 4. The molecule has 0 aromatic heterocycles. The van der Waals surface area contributed by atoms with E-state index < -0.39 is 18.6 Å². The maximum Gasteiger partial charge on any atom is 0.406 e. The average Bonchev–Trinajstić information content (AvgIpc) is 2.58. The molecule has 7 nitrogen and oxygen atoms in total. The zero-order valence-electron chi connectivity index (χ0n) is 17.0. The van der Waals surface area contributed by atoms with Crippen LogP contribution in [0.25, 0.3) is 0 Å². The number of likely N-dealkylation sites (N-methyl/N-ethyl adjacent to an activating group) is 1. The van der Waals surface area contributed by atoms with Gasteiger partial charge in [-0.2, -0.15) is 13.2 Å². The van der Waals surface area contributed by atoms with E-state index in [1.54, 1.807) is 0 Å². The van der Waals surface area contributed by atoms with E-state index in [1.807, 2.05) is 6.92 Å². The van der Waals surface area contributed by atoms with Gasteiger partial charge < -0.3 is 20.3 Å². The topological polar surface area (TPSA) is 69.2 Å². The zero-order chi connectivity index (χ0) is 20.4. The van der Waals surface area contributed by atoms with E-state index in [-0.39, 0.29) is 36.6 Å². The SMILES string of the molecule is CCNC(=NCC(=O)N(C)CC(F)(F)F)NCC(C(C)C)N1CCOCC1.I. The highest BCUT2D eigenvalue weighted by atomic mass is 127. The van der Waals surface area contributed by atoms with Gasteiger partial charge in [0.25, 0.3) is 0 Å². The second kappa shape index (κ2) is 13.4. The monoisotopic (exact) mass is 523 g/mol. The molecule has 1 unspecified atom stereocenters. The van der Waals surface area contributed by atoms with Crippen LogP contribution in [-0.2, 0) is 9.53 Å². The normalized spacial score (nSPS) is 17.1. The van der Waals surface area contributed by atoms with Crippen LogP contribution in [0.3, 0.4) is 0 Å². The first kappa shape index (κ1) is 27.2. The molecule has 1 aliphatic heterocycles. The number of amides is 1. The van der Waals surface area contributed by atoms with Crippen LogP contribution >= 0.6 is 24.0 Å². The third kappa shape index (κ3) is 10.6. The predicted molar refractivity (Wildman–Crippen MR) is 114 cm³/mol. The van der Waals surface area contributed by atoms with Crippen molar-refractivity contribution >= 4 is 35.8 Å². The molecule has 0 aromatic rings. The first-order chi connectivity index (χ1) is 12.6. The fourth-order valence-electron chi connectivity index (χ4n) is 2.86. The minimum atomic E-state index is -4.42. The number of hydrogen-bond acceptors (Lipinski definition) is 4. The van der Waals surface area contributed by atoms with Gasteiger partial charge in [0, 0.05) is 39.3 Å².